The normalized spacial score (nSPS) is 14.2. The average Bonchev–Trinajstić information content (AvgIpc) is 3.17. The molecule has 1 aliphatic heterocycles. The fourth-order valence-corrected chi connectivity index (χ4v) is 7.14. The molecule has 0 saturated carbocycles. The SMILES string of the molecule is Cc1ccc(-n2c(SCc3ccc(Cl)cc3Cl)nc3sc4c(c3c2=O)CCN(C(C)C)C4)cc1. The summed E-state index contributed by atoms with van der Waals surface area (Å²) < 4.78 is 1.76. The fraction of sp³-hybridized carbons (Fsp3) is 0.308. The summed E-state index contributed by atoms with van der Waals surface area (Å²) in [7, 11) is 0. The van der Waals surface area contributed by atoms with Gasteiger partial charge in [0.15, 0.2) is 5.16 Å². The van der Waals surface area contributed by atoms with Crippen LogP contribution in [0.25, 0.3) is 15.9 Å². The molecule has 176 valence electrons. The smallest absolute Gasteiger partial charge is 0.267 e. The zero-order valence-corrected chi connectivity index (χ0v) is 22.4. The van der Waals surface area contributed by atoms with Crippen LogP contribution in [0.1, 0.15) is 35.4 Å². The first-order valence-corrected chi connectivity index (χ1v) is 13.8. The Morgan fingerprint density at radius 1 is 1.15 bits per heavy atom. The molecule has 0 unspecified atom stereocenters. The third-order valence-electron chi connectivity index (χ3n) is 6.27. The van der Waals surface area contributed by atoms with Gasteiger partial charge >= 0.3 is 0 Å². The second kappa shape index (κ2) is 9.67. The molecule has 4 aromatic rings. The van der Waals surface area contributed by atoms with Crippen LogP contribution in [-0.2, 0) is 18.7 Å². The number of aryl methyl sites for hydroxylation is 1. The first-order valence-electron chi connectivity index (χ1n) is 11.3. The van der Waals surface area contributed by atoms with Crippen molar-refractivity contribution < 1.29 is 0 Å². The number of thiophene rings is 1. The molecule has 2 aromatic carbocycles. The third kappa shape index (κ3) is 4.54. The van der Waals surface area contributed by atoms with E-state index in [9.17, 15) is 4.79 Å². The third-order valence-corrected chi connectivity index (χ3v) is 8.95. The minimum Gasteiger partial charge on any atom is -0.296 e. The average molecular weight is 531 g/mol. The Morgan fingerprint density at radius 3 is 2.62 bits per heavy atom. The van der Waals surface area contributed by atoms with Crippen molar-refractivity contribution in [1.82, 2.24) is 14.5 Å². The van der Waals surface area contributed by atoms with Crippen molar-refractivity contribution >= 4 is 56.5 Å². The molecular formula is C26H25Cl2N3OS2. The van der Waals surface area contributed by atoms with E-state index in [1.165, 1.54) is 22.2 Å². The zero-order chi connectivity index (χ0) is 24.0. The van der Waals surface area contributed by atoms with E-state index in [0.717, 1.165) is 46.5 Å². The van der Waals surface area contributed by atoms with Gasteiger partial charge in [0.05, 0.1) is 11.1 Å². The molecule has 1 aliphatic rings. The fourth-order valence-electron chi connectivity index (χ4n) is 4.28. The summed E-state index contributed by atoms with van der Waals surface area (Å²) in [4.78, 5) is 23.5. The van der Waals surface area contributed by atoms with Gasteiger partial charge in [0.2, 0.25) is 0 Å². The maximum absolute atomic E-state index is 14.0. The lowest BCUT2D eigenvalue weighted by Gasteiger charge is -2.30. The second-order valence-corrected chi connectivity index (χ2v) is 11.8. The van der Waals surface area contributed by atoms with Crippen molar-refractivity contribution in [3.63, 3.8) is 0 Å². The van der Waals surface area contributed by atoms with Crippen LogP contribution in [0.5, 0.6) is 0 Å². The first kappa shape index (κ1) is 23.9. The molecular weight excluding hydrogens is 505 g/mol. The molecule has 5 rings (SSSR count). The maximum atomic E-state index is 14.0. The Balaban J connectivity index is 1.63. The van der Waals surface area contributed by atoms with Gasteiger partial charge in [-0.15, -0.1) is 11.3 Å². The van der Waals surface area contributed by atoms with Gasteiger partial charge in [-0.05, 0) is 62.6 Å². The van der Waals surface area contributed by atoms with Crippen LogP contribution < -0.4 is 5.56 Å². The van der Waals surface area contributed by atoms with E-state index in [1.54, 1.807) is 22.0 Å². The summed E-state index contributed by atoms with van der Waals surface area (Å²) in [5.41, 5.74) is 4.12. The largest absolute Gasteiger partial charge is 0.296 e. The molecule has 8 heteroatoms. The predicted molar refractivity (Wildman–Crippen MR) is 145 cm³/mol. The summed E-state index contributed by atoms with van der Waals surface area (Å²) in [5.74, 6) is 0.589. The zero-order valence-electron chi connectivity index (χ0n) is 19.3. The summed E-state index contributed by atoms with van der Waals surface area (Å²) in [6, 6.07) is 14.0. The lowest BCUT2D eigenvalue weighted by molar-refractivity contribution is 0.206. The highest BCUT2D eigenvalue weighted by Gasteiger charge is 2.26. The van der Waals surface area contributed by atoms with E-state index in [1.807, 2.05) is 43.3 Å². The lowest BCUT2D eigenvalue weighted by Crippen LogP contribution is -2.35. The van der Waals surface area contributed by atoms with E-state index in [2.05, 4.69) is 18.7 Å². The number of thioether (sulfide) groups is 1. The molecule has 4 nitrogen and oxygen atoms in total. The van der Waals surface area contributed by atoms with E-state index in [0.29, 0.717) is 27.0 Å². The highest BCUT2D eigenvalue weighted by atomic mass is 35.5. The highest BCUT2D eigenvalue weighted by molar-refractivity contribution is 7.98. The number of nitrogens with zero attached hydrogens (tertiary/aromatic N) is 3. The van der Waals surface area contributed by atoms with Crippen LogP contribution in [-0.4, -0.2) is 27.0 Å². The van der Waals surface area contributed by atoms with Gasteiger partial charge in [0.1, 0.15) is 4.83 Å². The topological polar surface area (TPSA) is 38.1 Å². The predicted octanol–water partition coefficient (Wildman–Crippen LogP) is 7.12. The molecule has 2 aromatic heterocycles. The van der Waals surface area contributed by atoms with Crippen molar-refractivity contribution in [2.75, 3.05) is 6.54 Å². The van der Waals surface area contributed by atoms with E-state index < -0.39 is 0 Å². The van der Waals surface area contributed by atoms with Crippen molar-refractivity contribution in [3.05, 3.63) is 84.4 Å². The van der Waals surface area contributed by atoms with E-state index in [4.69, 9.17) is 28.2 Å². The minimum absolute atomic E-state index is 0.00838. The maximum Gasteiger partial charge on any atom is 0.267 e. The number of aromatic nitrogens is 2. The molecule has 0 fully saturated rings. The summed E-state index contributed by atoms with van der Waals surface area (Å²) in [6.45, 7) is 8.32. The van der Waals surface area contributed by atoms with Gasteiger partial charge in [-0.2, -0.15) is 0 Å². The number of rotatable bonds is 5. The Morgan fingerprint density at radius 2 is 1.91 bits per heavy atom. The standard InChI is InChI=1S/C26H25Cl2N3OS2/c1-15(2)30-11-10-20-22(13-30)34-24-23(20)25(32)31(19-8-4-16(3)5-9-19)26(29-24)33-14-17-6-7-18(27)12-21(17)28/h4-9,12,15H,10-11,13-14H2,1-3H3. The first-order chi connectivity index (χ1) is 16.3. The van der Waals surface area contributed by atoms with Gasteiger partial charge in [-0.1, -0.05) is 58.7 Å². The Bertz CT molecular complexity index is 1430. The van der Waals surface area contributed by atoms with Gasteiger partial charge in [-0.25, -0.2) is 4.98 Å². The summed E-state index contributed by atoms with van der Waals surface area (Å²) in [6.07, 6.45) is 0.880. The van der Waals surface area contributed by atoms with Crippen molar-refractivity contribution in [1.29, 1.82) is 0 Å². The van der Waals surface area contributed by atoms with Gasteiger partial charge in [-0.3, -0.25) is 14.3 Å². The number of halogens is 2. The number of fused-ring (bicyclic) bond motifs is 3. The monoisotopic (exact) mass is 529 g/mol. The molecule has 0 atom stereocenters. The van der Waals surface area contributed by atoms with Crippen LogP contribution in [0, 0.1) is 6.92 Å². The number of benzene rings is 2. The highest BCUT2D eigenvalue weighted by Crippen LogP contribution is 2.36. The van der Waals surface area contributed by atoms with Crippen LogP contribution >= 0.6 is 46.3 Å². The molecule has 0 amide bonds. The molecule has 3 heterocycles. The Hall–Kier alpha value is -1.83. The summed E-state index contributed by atoms with van der Waals surface area (Å²) in [5, 5.41) is 2.67. The van der Waals surface area contributed by atoms with E-state index in [-0.39, 0.29) is 5.56 Å². The van der Waals surface area contributed by atoms with Gasteiger partial charge in [0, 0.05) is 39.8 Å². The van der Waals surface area contributed by atoms with Crippen molar-refractivity contribution in [2.45, 2.75) is 50.7 Å². The molecule has 34 heavy (non-hydrogen) atoms. The van der Waals surface area contributed by atoms with Crippen LogP contribution in [0.3, 0.4) is 0 Å². The number of hydrogen-bond acceptors (Lipinski definition) is 5. The van der Waals surface area contributed by atoms with Gasteiger partial charge < -0.3 is 0 Å². The summed E-state index contributed by atoms with van der Waals surface area (Å²) >= 11 is 15.7. The quantitative estimate of drug-likeness (QED) is 0.203. The van der Waals surface area contributed by atoms with Crippen molar-refractivity contribution in [2.24, 2.45) is 0 Å². The van der Waals surface area contributed by atoms with Gasteiger partial charge in [0.25, 0.3) is 5.56 Å². The molecule has 0 radical (unpaired) electrons. The molecule has 0 spiro atoms. The van der Waals surface area contributed by atoms with Crippen molar-refractivity contribution in [3.8, 4) is 5.69 Å². The Labute approximate surface area is 217 Å². The van der Waals surface area contributed by atoms with Crippen LogP contribution in [0.15, 0.2) is 52.4 Å². The lowest BCUT2D eigenvalue weighted by atomic mass is 10.0. The Kier molecular flexibility index (Phi) is 6.79. The molecule has 0 aliphatic carbocycles. The van der Waals surface area contributed by atoms with Crippen LogP contribution in [0.2, 0.25) is 10.0 Å². The second-order valence-electron chi connectivity index (χ2n) is 8.89. The van der Waals surface area contributed by atoms with Crippen LogP contribution in [0.4, 0.5) is 0 Å². The number of hydrogen-bond donors (Lipinski definition) is 0. The molecule has 0 N–H and O–H groups in total. The molecule has 0 bridgehead atoms. The minimum atomic E-state index is 0.00838. The molecule has 0 saturated heterocycles. The van der Waals surface area contributed by atoms with E-state index >= 15 is 0 Å².